The smallest absolute Gasteiger partial charge is 0.273 e. The van der Waals surface area contributed by atoms with E-state index in [4.69, 9.17) is 4.74 Å². The number of piperidine rings is 1. The Kier molecular flexibility index (Phi) is 4.52. The first kappa shape index (κ1) is 14.3. The number of carbonyl (C=O) groups is 1. The number of rotatable bonds is 5. The Labute approximate surface area is 116 Å². The quantitative estimate of drug-likeness (QED) is 0.619. The standard InChI is InChI=1S/C13H17N3O4/c1-20-12-5-9(4-11(6-12)16(18)19)7-14-10-2-3-13(17)15-8-10/h4-6,10,14H,2-3,7-8H2,1H3,(H,15,17). The van der Waals surface area contributed by atoms with Crippen molar-refractivity contribution in [2.75, 3.05) is 13.7 Å². The molecule has 1 aliphatic rings. The van der Waals surface area contributed by atoms with Crippen LogP contribution < -0.4 is 15.4 Å². The maximum Gasteiger partial charge on any atom is 0.273 e. The summed E-state index contributed by atoms with van der Waals surface area (Å²) < 4.78 is 5.06. The fraction of sp³-hybridized carbons (Fsp3) is 0.462. The SMILES string of the molecule is COc1cc(CNC2CCC(=O)NC2)cc([N+](=O)[O-])c1. The minimum absolute atomic E-state index is 0.0121. The molecule has 2 N–H and O–H groups in total. The molecule has 7 heteroatoms. The third-order valence-corrected chi connectivity index (χ3v) is 3.26. The van der Waals surface area contributed by atoms with E-state index >= 15 is 0 Å². The second kappa shape index (κ2) is 6.33. The summed E-state index contributed by atoms with van der Waals surface area (Å²) in [6.45, 7) is 1.09. The fourth-order valence-corrected chi connectivity index (χ4v) is 2.14. The number of hydrogen-bond donors (Lipinski definition) is 2. The highest BCUT2D eigenvalue weighted by molar-refractivity contribution is 5.76. The van der Waals surface area contributed by atoms with E-state index in [1.807, 2.05) is 0 Å². The molecule has 0 radical (unpaired) electrons. The Hall–Kier alpha value is -2.15. The minimum Gasteiger partial charge on any atom is -0.496 e. The molecule has 1 heterocycles. The average Bonchev–Trinajstić information content (AvgIpc) is 2.46. The van der Waals surface area contributed by atoms with Crippen LogP contribution in [0.2, 0.25) is 0 Å². The van der Waals surface area contributed by atoms with Gasteiger partial charge < -0.3 is 15.4 Å². The van der Waals surface area contributed by atoms with Crippen molar-refractivity contribution in [3.05, 3.63) is 33.9 Å². The van der Waals surface area contributed by atoms with Gasteiger partial charge in [0.2, 0.25) is 5.91 Å². The van der Waals surface area contributed by atoms with Crippen LogP contribution in [0.4, 0.5) is 5.69 Å². The lowest BCUT2D eigenvalue weighted by molar-refractivity contribution is -0.385. The lowest BCUT2D eigenvalue weighted by atomic mass is 10.1. The molecule has 1 saturated heterocycles. The van der Waals surface area contributed by atoms with Gasteiger partial charge in [-0.15, -0.1) is 0 Å². The zero-order chi connectivity index (χ0) is 14.5. The van der Waals surface area contributed by atoms with Gasteiger partial charge in [0.1, 0.15) is 5.75 Å². The van der Waals surface area contributed by atoms with Crippen molar-refractivity contribution in [1.29, 1.82) is 0 Å². The lowest BCUT2D eigenvalue weighted by Crippen LogP contribution is -2.45. The van der Waals surface area contributed by atoms with Crippen molar-refractivity contribution in [2.24, 2.45) is 0 Å². The molecule has 0 bridgehead atoms. The van der Waals surface area contributed by atoms with E-state index in [9.17, 15) is 14.9 Å². The van der Waals surface area contributed by atoms with Crippen LogP contribution in [-0.4, -0.2) is 30.5 Å². The molecule has 1 atom stereocenters. The first-order chi connectivity index (χ1) is 9.58. The van der Waals surface area contributed by atoms with Gasteiger partial charge in [0, 0.05) is 31.6 Å². The van der Waals surface area contributed by atoms with E-state index in [0.717, 1.165) is 12.0 Å². The molecule has 1 aromatic rings. The Bertz CT molecular complexity index is 508. The number of nitrogens with one attached hydrogen (secondary N) is 2. The molecule has 1 aromatic carbocycles. The number of benzene rings is 1. The summed E-state index contributed by atoms with van der Waals surface area (Å²) in [6.07, 6.45) is 1.29. The molecule has 0 aromatic heterocycles. The topological polar surface area (TPSA) is 93.5 Å². The van der Waals surface area contributed by atoms with E-state index in [1.54, 1.807) is 6.07 Å². The van der Waals surface area contributed by atoms with E-state index in [0.29, 0.717) is 25.3 Å². The van der Waals surface area contributed by atoms with Crippen molar-refractivity contribution in [3.8, 4) is 5.75 Å². The van der Waals surface area contributed by atoms with Crippen LogP contribution >= 0.6 is 0 Å². The van der Waals surface area contributed by atoms with Gasteiger partial charge >= 0.3 is 0 Å². The van der Waals surface area contributed by atoms with Gasteiger partial charge in [-0.3, -0.25) is 14.9 Å². The molecular formula is C13H17N3O4. The largest absolute Gasteiger partial charge is 0.496 e. The van der Waals surface area contributed by atoms with Crippen LogP contribution in [0.25, 0.3) is 0 Å². The molecule has 108 valence electrons. The number of nitro benzene ring substituents is 1. The maximum atomic E-state index is 11.1. The number of methoxy groups -OCH3 is 1. The molecule has 7 nitrogen and oxygen atoms in total. The van der Waals surface area contributed by atoms with Gasteiger partial charge in [-0.25, -0.2) is 0 Å². The number of hydrogen-bond acceptors (Lipinski definition) is 5. The Morgan fingerprint density at radius 1 is 1.50 bits per heavy atom. The van der Waals surface area contributed by atoms with Crippen LogP contribution in [0.3, 0.4) is 0 Å². The highest BCUT2D eigenvalue weighted by Gasteiger charge is 2.17. The summed E-state index contributed by atoms with van der Waals surface area (Å²) in [5.41, 5.74) is 0.797. The fourth-order valence-electron chi connectivity index (χ4n) is 2.14. The van der Waals surface area contributed by atoms with Gasteiger partial charge in [-0.2, -0.15) is 0 Å². The summed E-state index contributed by atoms with van der Waals surface area (Å²) in [5.74, 6) is 0.535. The van der Waals surface area contributed by atoms with Crippen molar-refractivity contribution in [2.45, 2.75) is 25.4 Å². The van der Waals surface area contributed by atoms with Crippen molar-refractivity contribution < 1.29 is 14.5 Å². The third kappa shape index (κ3) is 3.67. The first-order valence-corrected chi connectivity index (χ1v) is 6.41. The number of carbonyl (C=O) groups excluding carboxylic acids is 1. The molecule has 1 aliphatic heterocycles. The summed E-state index contributed by atoms with van der Waals surface area (Å²) in [4.78, 5) is 21.5. The van der Waals surface area contributed by atoms with E-state index in [1.165, 1.54) is 19.2 Å². The monoisotopic (exact) mass is 279 g/mol. The molecular weight excluding hydrogens is 262 g/mol. The van der Waals surface area contributed by atoms with Crippen LogP contribution in [0.1, 0.15) is 18.4 Å². The van der Waals surface area contributed by atoms with E-state index < -0.39 is 4.92 Å². The van der Waals surface area contributed by atoms with Crippen molar-refractivity contribution in [3.63, 3.8) is 0 Å². The minimum atomic E-state index is -0.438. The highest BCUT2D eigenvalue weighted by atomic mass is 16.6. The van der Waals surface area contributed by atoms with Gasteiger partial charge in [-0.1, -0.05) is 0 Å². The maximum absolute atomic E-state index is 11.1. The number of non-ortho nitro benzene ring substituents is 1. The van der Waals surface area contributed by atoms with Crippen LogP contribution in [-0.2, 0) is 11.3 Å². The molecule has 20 heavy (non-hydrogen) atoms. The predicted octanol–water partition coefficient (Wildman–Crippen LogP) is 0.972. The summed E-state index contributed by atoms with van der Waals surface area (Å²) >= 11 is 0. The second-order valence-corrected chi connectivity index (χ2v) is 4.72. The van der Waals surface area contributed by atoms with Crippen LogP contribution in [0, 0.1) is 10.1 Å². The summed E-state index contributed by atoms with van der Waals surface area (Å²) in [7, 11) is 1.48. The number of nitro groups is 1. The van der Waals surface area contributed by atoms with Crippen molar-refractivity contribution in [1.82, 2.24) is 10.6 Å². The van der Waals surface area contributed by atoms with Gasteiger partial charge in [-0.05, 0) is 18.1 Å². The molecule has 2 rings (SSSR count). The number of amides is 1. The average molecular weight is 279 g/mol. The van der Waals surface area contributed by atoms with Crippen LogP contribution in [0.5, 0.6) is 5.75 Å². The van der Waals surface area contributed by atoms with Gasteiger partial charge in [0.25, 0.3) is 5.69 Å². The normalized spacial score (nSPS) is 18.4. The number of nitrogens with zero attached hydrogens (tertiary/aromatic N) is 1. The Morgan fingerprint density at radius 3 is 2.90 bits per heavy atom. The molecule has 0 saturated carbocycles. The Balaban J connectivity index is 1.99. The van der Waals surface area contributed by atoms with Crippen molar-refractivity contribution >= 4 is 11.6 Å². The third-order valence-electron chi connectivity index (χ3n) is 3.26. The molecule has 1 fully saturated rings. The van der Waals surface area contributed by atoms with E-state index in [-0.39, 0.29) is 17.6 Å². The highest BCUT2D eigenvalue weighted by Crippen LogP contribution is 2.22. The molecule has 1 unspecified atom stereocenters. The van der Waals surface area contributed by atoms with Gasteiger partial charge in [0.05, 0.1) is 18.1 Å². The van der Waals surface area contributed by atoms with E-state index in [2.05, 4.69) is 10.6 Å². The predicted molar refractivity (Wildman–Crippen MR) is 72.5 cm³/mol. The lowest BCUT2D eigenvalue weighted by Gasteiger charge is -2.23. The zero-order valence-corrected chi connectivity index (χ0v) is 11.2. The Morgan fingerprint density at radius 2 is 2.30 bits per heavy atom. The first-order valence-electron chi connectivity index (χ1n) is 6.41. The molecule has 0 aliphatic carbocycles. The molecule has 0 spiro atoms. The zero-order valence-electron chi connectivity index (χ0n) is 11.2. The second-order valence-electron chi connectivity index (χ2n) is 4.72. The van der Waals surface area contributed by atoms with Gasteiger partial charge in [0.15, 0.2) is 0 Å². The summed E-state index contributed by atoms with van der Waals surface area (Å²) in [5, 5.41) is 16.9. The molecule has 1 amide bonds. The number of ether oxygens (including phenoxy) is 1. The summed E-state index contributed by atoms with van der Waals surface area (Å²) in [6, 6.07) is 4.88. The van der Waals surface area contributed by atoms with Crippen LogP contribution in [0.15, 0.2) is 18.2 Å².